The zero-order valence-corrected chi connectivity index (χ0v) is 17.8. The van der Waals surface area contributed by atoms with Crippen molar-refractivity contribution in [3.63, 3.8) is 0 Å². The van der Waals surface area contributed by atoms with Gasteiger partial charge in [-0.05, 0) is 23.1 Å². The van der Waals surface area contributed by atoms with E-state index < -0.39 is 27.4 Å². The van der Waals surface area contributed by atoms with Crippen molar-refractivity contribution in [2.75, 3.05) is 5.32 Å². The number of hydrogen-bond donors (Lipinski definition) is 2. The lowest BCUT2D eigenvalue weighted by molar-refractivity contribution is -0.129. The molecule has 1 amide bonds. The van der Waals surface area contributed by atoms with Crippen molar-refractivity contribution in [1.29, 1.82) is 0 Å². The molecule has 0 bridgehead atoms. The molecule has 30 heavy (non-hydrogen) atoms. The van der Waals surface area contributed by atoms with Crippen LogP contribution in [-0.2, 0) is 21.4 Å². The number of carbonyl (C=O) groups is 1. The lowest BCUT2D eigenvalue weighted by atomic mass is 9.85. The fraction of sp³-hybridized carbons (Fsp3) is 0.273. The first-order valence-corrected chi connectivity index (χ1v) is 11.0. The quantitative estimate of drug-likeness (QED) is 0.785. The molecule has 1 unspecified atom stereocenters. The maximum atomic E-state index is 13.4. The van der Waals surface area contributed by atoms with E-state index in [1.807, 2.05) is 51.1 Å². The summed E-state index contributed by atoms with van der Waals surface area (Å²) in [7, 11) is -4.00. The fourth-order valence-electron chi connectivity index (χ4n) is 3.92. The number of benzene rings is 2. The Kier molecular flexibility index (Phi) is 4.69. The highest BCUT2D eigenvalue weighted by Crippen LogP contribution is 2.39. The van der Waals surface area contributed by atoms with Crippen LogP contribution in [0.4, 0.5) is 5.69 Å². The number of anilines is 1. The van der Waals surface area contributed by atoms with Crippen molar-refractivity contribution in [3.05, 3.63) is 71.5 Å². The highest BCUT2D eigenvalue weighted by atomic mass is 32.2. The van der Waals surface area contributed by atoms with Crippen LogP contribution in [0.25, 0.3) is 0 Å². The van der Waals surface area contributed by atoms with E-state index >= 15 is 0 Å². The van der Waals surface area contributed by atoms with Crippen molar-refractivity contribution in [3.8, 4) is 0 Å². The molecule has 156 valence electrons. The first-order valence-electron chi connectivity index (χ1n) is 9.59. The third-order valence-corrected chi connectivity index (χ3v) is 6.52. The van der Waals surface area contributed by atoms with Gasteiger partial charge in [-0.2, -0.15) is 8.42 Å². The van der Waals surface area contributed by atoms with E-state index in [1.165, 1.54) is 6.07 Å². The summed E-state index contributed by atoms with van der Waals surface area (Å²) in [4.78, 5) is 15.0. The normalized spacial score (nSPS) is 20.6. The Hall–Kier alpha value is -3.13. The van der Waals surface area contributed by atoms with Crippen LogP contribution in [0.1, 0.15) is 26.3 Å². The van der Waals surface area contributed by atoms with Gasteiger partial charge >= 0.3 is 0 Å². The summed E-state index contributed by atoms with van der Waals surface area (Å²) < 4.78 is 29.1. The number of amidine groups is 1. The highest BCUT2D eigenvalue weighted by Gasteiger charge is 2.48. The third kappa shape index (κ3) is 3.37. The van der Waals surface area contributed by atoms with Gasteiger partial charge in [0.25, 0.3) is 15.9 Å². The van der Waals surface area contributed by atoms with Crippen molar-refractivity contribution in [2.45, 2.75) is 38.3 Å². The molecule has 0 aliphatic carbocycles. The van der Waals surface area contributed by atoms with E-state index in [0.717, 1.165) is 5.56 Å². The molecular weight excluding hydrogens is 402 g/mol. The third-order valence-electron chi connectivity index (χ3n) is 5.18. The Balaban J connectivity index is 1.79. The number of hydrogen-bond acceptors (Lipinski definition) is 5. The monoisotopic (exact) mass is 425 g/mol. The Labute approximate surface area is 175 Å². The summed E-state index contributed by atoms with van der Waals surface area (Å²) in [5.74, 6) is -0.789. The maximum absolute atomic E-state index is 13.4. The van der Waals surface area contributed by atoms with Crippen LogP contribution < -0.4 is 5.32 Å². The van der Waals surface area contributed by atoms with Crippen LogP contribution in [-0.4, -0.2) is 36.2 Å². The predicted octanol–water partition coefficient (Wildman–Crippen LogP) is 3.47. The van der Waals surface area contributed by atoms with Crippen molar-refractivity contribution in [2.24, 2.45) is 9.81 Å². The smallest absolute Gasteiger partial charge is 0.286 e. The summed E-state index contributed by atoms with van der Waals surface area (Å²) >= 11 is 0. The summed E-state index contributed by atoms with van der Waals surface area (Å²) in [6, 6.07) is 15.2. The average molecular weight is 426 g/mol. The minimum atomic E-state index is -4.00. The minimum Gasteiger partial charge on any atom is -0.509 e. The molecule has 0 fully saturated rings. The molecule has 7 nitrogen and oxygen atoms in total. The summed E-state index contributed by atoms with van der Waals surface area (Å²) in [5.41, 5.74) is 0.640. The van der Waals surface area contributed by atoms with Crippen molar-refractivity contribution >= 4 is 27.5 Å². The first-order chi connectivity index (χ1) is 14.1. The molecule has 2 aliphatic heterocycles. The lowest BCUT2D eigenvalue weighted by Crippen LogP contribution is -2.43. The number of carbonyl (C=O) groups excluding carboxylic acids is 1. The summed E-state index contributed by atoms with van der Waals surface area (Å²) in [6.45, 7) is 6.05. The van der Waals surface area contributed by atoms with Crippen LogP contribution >= 0.6 is 0 Å². The predicted molar refractivity (Wildman–Crippen MR) is 115 cm³/mol. The Morgan fingerprint density at radius 2 is 1.70 bits per heavy atom. The van der Waals surface area contributed by atoms with Gasteiger partial charge in [0.1, 0.15) is 16.2 Å². The molecule has 0 saturated carbocycles. The van der Waals surface area contributed by atoms with Crippen LogP contribution in [0.5, 0.6) is 0 Å². The van der Waals surface area contributed by atoms with Gasteiger partial charge in [0.05, 0.1) is 11.7 Å². The zero-order chi connectivity index (χ0) is 21.7. The van der Waals surface area contributed by atoms with E-state index in [-0.39, 0.29) is 28.6 Å². The molecule has 2 N–H and O–H groups in total. The summed E-state index contributed by atoms with van der Waals surface area (Å²) in [5, 5.41) is 14.0. The number of para-hydroxylation sites is 1. The number of fused-ring (bicyclic) bond motifs is 1. The minimum absolute atomic E-state index is 0.0350. The van der Waals surface area contributed by atoms with E-state index in [1.54, 1.807) is 23.1 Å². The van der Waals surface area contributed by atoms with Gasteiger partial charge in [-0.1, -0.05) is 63.2 Å². The maximum Gasteiger partial charge on any atom is 0.286 e. The highest BCUT2D eigenvalue weighted by molar-refractivity contribution is 7.90. The van der Waals surface area contributed by atoms with Gasteiger partial charge in [0.2, 0.25) is 0 Å². The van der Waals surface area contributed by atoms with Crippen molar-refractivity contribution < 1.29 is 18.3 Å². The number of nitrogens with one attached hydrogen (secondary N) is 1. The van der Waals surface area contributed by atoms with Crippen LogP contribution in [0, 0.1) is 5.41 Å². The molecule has 8 heteroatoms. The van der Waals surface area contributed by atoms with E-state index in [0.29, 0.717) is 5.69 Å². The molecular formula is C22H23N3O4S. The molecule has 0 aromatic heterocycles. The Morgan fingerprint density at radius 1 is 1.07 bits per heavy atom. The van der Waals surface area contributed by atoms with Crippen LogP contribution in [0.3, 0.4) is 0 Å². The van der Waals surface area contributed by atoms with Gasteiger partial charge in [0, 0.05) is 6.54 Å². The molecule has 2 heterocycles. The van der Waals surface area contributed by atoms with Gasteiger partial charge in [-0.25, -0.2) is 0 Å². The molecule has 2 aromatic rings. The van der Waals surface area contributed by atoms with E-state index in [4.69, 9.17) is 0 Å². The second-order valence-corrected chi connectivity index (χ2v) is 10.1. The first kappa shape index (κ1) is 20.2. The number of aliphatic hydroxyl groups excluding tert-OH is 1. The SMILES string of the molecule is CC(C)(C)C1C(O)=C(C2=NS(=O)(=O)c3ccccc3N2)C(=O)N1Cc1ccccc1. The molecule has 1 atom stereocenters. The van der Waals surface area contributed by atoms with Crippen molar-refractivity contribution in [1.82, 2.24) is 4.90 Å². The number of rotatable bonds is 3. The molecule has 0 radical (unpaired) electrons. The molecule has 0 spiro atoms. The molecule has 0 saturated heterocycles. The van der Waals surface area contributed by atoms with Gasteiger partial charge in [-0.3, -0.25) is 4.79 Å². The lowest BCUT2D eigenvalue weighted by Gasteiger charge is -2.35. The number of aliphatic hydroxyl groups is 1. The fourth-order valence-corrected chi connectivity index (χ4v) is 5.04. The van der Waals surface area contributed by atoms with E-state index in [9.17, 15) is 18.3 Å². The Bertz CT molecular complexity index is 1180. The number of sulfonamides is 1. The van der Waals surface area contributed by atoms with E-state index in [2.05, 4.69) is 9.71 Å². The average Bonchev–Trinajstić information content (AvgIpc) is 2.92. The van der Waals surface area contributed by atoms with Gasteiger partial charge < -0.3 is 15.3 Å². The molecule has 2 aromatic carbocycles. The topological polar surface area (TPSA) is 99.1 Å². The second kappa shape index (κ2) is 6.98. The number of nitrogens with zero attached hydrogens (tertiary/aromatic N) is 2. The number of amides is 1. The molecule has 2 aliphatic rings. The zero-order valence-electron chi connectivity index (χ0n) is 17.0. The standard InChI is InChI=1S/C22H23N3O4S/c1-22(2,3)19-18(26)17(21(27)25(19)13-14-9-5-4-6-10-14)20-23-15-11-7-8-12-16(15)30(28,29)24-20/h4-12,19,26H,13H2,1-3H3,(H,23,24). The largest absolute Gasteiger partial charge is 0.509 e. The van der Waals surface area contributed by atoms with Crippen LogP contribution in [0.2, 0.25) is 0 Å². The summed E-state index contributed by atoms with van der Waals surface area (Å²) in [6.07, 6.45) is 0. The van der Waals surface area contributed by atoms with Crippen LogP contribution in [0.15, 0.2) is 75.2 Å². The van der Waals surface area contributed by atoms with Gasteiger partial charge in [0.15, 0.2) is 5.84 Å². The van der Waals surface area contributed by atoms with Gasteiger partial charge in [-0.15, -0.1) is 4.40 Å². The second-order valence-electron chi connectivity index (χ2n) is 8.48. The Morgan fingerprint density at radius 3 is 2.37 bits per heavy atom. The molecule has 4 rings (SSSR count).